The van der Waals surface area contributed by atoms with Crippen molar-refractivity contribution in [2.24, 2.45) is 16.5 Å². The Hall–Kier alpha value is -3.55. The zero-order valence-electron chi connectivity index (χ0n) is 16.2. The van der Waals surface area contributed by atoms with Crippen LogP contribution in [0.15, 0.2) is 47.5 Å². The van der Waals surface area contributed by atoms with E-state index in [1.54, 1.807) is 36.4 Å². The maximum atomic E-state index is 12.5. The number of carbonyl (C=O) groups excluding carboxylic acids is 2. The summed E-state index contributed by atoms with van der Waals surface area (Å²) in [4.78, 5) is 28.0. The van der Waals surface area contributed by atoms with Gasteiger partial charge in [-0.25, -0.2) is 4.99 Å². The molecule has 8 heteroatoms. The lowest BCUT2D eigenvalue weighted by Gasteiger charge is -2.26. The first kappa shape index (κ1) is 20.2. The summed E-state index contributed by atoms with van der Waals surface area (Å²) in [5.74, 6) is 0.117. The van der Waals surface area contributed by atoms with Crippen LogP contribution in [0.4, 0.5) is 11.4 Å². The van der Waals surface area contributed by atoms with Crippen molar-refractivity contribution < 1.29 is 19.1 Å². The van der Waals surface area contributed by atoms with Crippen molar-refractivity contribution in [2.45, 2.75) is 38.9 Å². The molecule has 5 N–H and O–H groups in total. The number of hydrogen-bond donors (Lipinski definition) is 3. The zero-order valence-corrected chi connectivity index (χ0v) is 16.2. The minimum atomic E-state index is -0.564. The molecule has 0 saturated carbocycles. The van der Waals surface area contributed by atoms with Crippen molar-refractivity contribution in [3.63, 3.8) is 0 Å². The van der Waals surface area contributed by atoms with Crippen LogP contribution >= 0.6 is 0 Å². The fourth-order valence-corrected chi connectivity index (χ4v) is 2.97. The van der Waals surface area contributed by atoms with Crippen LogP contribution in [0.25, 0.3) is 0 Å². The number of ether oxygens (including phenoxy) is 2. The third kappa shape index (κ3) is 5.47. The largest absolute Gasteiger partial charge is 0.454 e. The molecular weight excluding hydrogens is 372 g/mol. The van der Waals surface area contributed by atoms with E-state index in [2.05, 4.69) is 10.3 Å². The summed E-state index contributed by atoms with van der Waals surface area (Å²) in [6, 6.07) is 12.0. The van der Waals surface area contributed by atoms with Crippen molar-refractivity contribution in [3.05, 3.63) is 53.6 Å². The van der Waals surface area contributed by atoms with Gasteiger partial charge in [-0.2, -0.15) is 0 Å². The van der Waals surface area contributed by atoms with E-state index in [0.29, 0.717) is 42.0 Å². The fraction of sp³-hybridized carbons (Fsp3) is 0.286. The molecule has 1 aliphatic rings. The van der Waals surface area contributed by atoms with Gasteiger partial charge in [0.15, 0.2) is 5.96 Å². The maximum Gasteiger partial charge on any atom is 0.308 e. The Morgan fingerprint density at radius 3 is 2.66 bits per heavy atom. The summed E-state index contributed by atoms with van der Waals surface area (Å²) in [6.45, 7) is 1.92. The molecule has 2 aromatic rings. The first-order valence-electron chi connectivity index (χ1n) is 9.44. The van der Waals surface area contributed by atoms with Gasteiger partial charge < -0.3 is 26.3 Å². The second-order valence-corrected chi connectivity index (χ2v) is 6.69. The number of esters is 1. The summed E-state index contributed by atoms with van der Waals surface area (Å²) in [5.41, 5.74) is 13.3. The van der Waals surface area contributed by atoms with E-state index in [0.717, 1.165) is 12.0 Å². The Labute approximate surface area is 168 Å². The molecule has 0 bridgehead atoms. The molecule has 1 heterocycles. The number of amides is 1. The highest BCUT2D eigenvalue weighted by atomic mass is 16.7. The first-order chi connectivity index (χ1) is 13.9. The summed E-state index contributed by atoms with van der Waals surface area (Å²) in [7, 11) is 0. The molecule has 0 radical (unpaired) electrons. The van der Waals surface area contributed by atoms with E-state index in [1.807, 2.05) is 13.0 Å². The van der Waals surface area contributed by atoms with Crippen molar-refractivity contribution in [3.8, 4) is 5.75 Å². The van der Waals surface area contributed by atoms with Gasteiger partial charge >= 0.3 is 5.97 Å². The third-order valence-electron chi connectivity index (χ3n) is 4.33. The number of guanidine groups is 1. The van der Waals surface area contributed by atoms with E-state index in [4.69, 9.17) is 20.9 Å². The first-order valence-corrected chi connectivity index (χ1v) is 9.44. The van der Waals surface area contributed by atoms with Crippen LogP contribution in [0.1, 0.15) is 42.1 Å². The average Bonchev–Trinajstić information content (AvgIpc) is 2.68. The van der Waals surface area contributed by atoms with Gasteiger partial charge in [0.05, 0.1) is 5.69 Å². The number of aryl methyl sites for hydroxylation is 1. The third-order valence-corrected chi connectivity index (χ3v) is 4.33. The molecule has 1 unspecified atom stereocenters. The van der Waals surface area contributed by atoms with Crippen LogP contribution < -0.4 is 21.5 Å². The number of rotatable bonds is 6. The lowest BCUT2D eigenvalue weighted by atomic mass is 10.0. The Kier molecular flexibility index (Phi) is 6.33. The molecule has 2 aromatic carbocycles. The Bertz CT molecular complexity index is 921. The molecule has 1 atom stereocenters. The Balaban J connectivity index is 1.62. The van der Waals surface area contributed by atoms with E-state index < -0.39 is 6.29 Å². The van der Waals surface area contributed by atoms with Crippen LogP contribution in [0.3, 0.4) is 0 Å². The lowest BCUT2D eigenvalue weighted by Crippen LogP contribution is -2.28. The predicted octanol–water partition coefficient (Wildman–Crippen LogP) is 2.84. The molecule has 1 aliphatic heterocycles. The number of benzene rings is 2. The predicted molar refractivity (Wildman–Crippen MR) is 110 cm³/mol. The summed E-state index contributed by atoms with van der Waals surface area (Å²) in [6.07, 6.45) is 1.82. The number of nitrogens with two attached hydrogens (primary N) is 2. The van der Waals surface area contributed by atoms with Crippen molar-refractivity contribution in [1.29, 1.82) is 0 Å². The van der Waals surface area contributed by atoms with Gasteiger partial charge in [0, 0.05) is 24.1 Å². The fourth-order valence-electron chi connectivity index (χ4n) is 2.97. The standard InChI is InChI=1S/C21H24N4O4/c1-2-3-18(26)29-19-11-6-14-12-16(9-10-17(14)28-19)24-20(27)13-4-7-15(8-5-13)25-21(22)23/h4-5,7-10,12,19H,2-3,6,11H2,1H3,(H,24,27)(H4,22,23,25). The number of carbonyl (C=O) groups is 2. The maximum absolute atomic E-state index is 12.5. The minimum absolute atomic E-state index is 0.0409. The molecule has 8 nitrogen and oxygen atoms in total. The molecule has 29 heavy (non-hydrogen) atoms. The van der Waals surface area contributed by atoms with Crippen molar-refractivity contribution in [1.82, 2.24) is 0 Å². The minimum Gasteiger partial charge on any atom is -0.454 e. The molecule has 0 fully saturated rings. The number of hydrogen-bond acceptors (Lipinski definition) is 5. The summed E-state index contributed by atoms with van der Waals surface area (Å²) < 4.78 is 11.1. The number of anilines is 1. The van der Waals surface area contributed by atoms with Gasteiger partial charge in [0.2, 0.25) is 6.29 Å². The quantitative estimate of drug-likeness (QED) is 0.391. The van der Waals surface area contributed by atoms with Gasteiger partial charge in [-0.05, 0) is 60.9 Å². The van der Waals surface area contributed by atoms with E-state index in [-0.39, 0.29) is 17.8 Å². The number of nitrogens with one attached hydrogen (secondary N) is 1. The normalized spacial score (nSPS) is 14.9. The second kappa shape index (κ2) is 9.09. The molecule has 0 spiro atoms. The lowest BCUT2D eigenvalue weighted by molar-refractivity contribution is -0.165. The smallest absolute Gasteiger partial charge is 0.308 e. The van der Waals surface area contributed by atoms with Crippen LogP contribution in [0, 0.1) is 0 Å². The Morgan fingerprint density at radius 2 is 1.97 bits per heavy atom. The molecule has 1 amide bonds. The molecule has 0 saturated heterocycles. The zero-order chi connectivity index (χ0) is 20.8. The highest BCUT2D eigenvalue weighted by Gasteiger charge is 2.23. The van der Waals surface area contributed by atoms with Crippen LogP contribution in [-0.2, 0) is 16.0 Å². The Morgan fingerprint density at radius 1 is 1.21 bits per heavy atom. The molecule has 0 aliphatic carbocycles. The van der Waals surface area contributed by atoms with Crippen LogP contribution in [0.5, 0.6) is 5.75 Å². The SMILES string of the molecule is CCCC(=O)OC1CCc2cc(NC(=O)c3ccc(N=C(N)N)cc3)ccc2O1. The number of fused-ring (bicyclic) bond motifs is 1. The topological polar surface area (TPSA) is 129 Å². The van der Waals surface area contributed by atoms with Crippen molar-refractivity contribution >= 4 is 29.2 Å². The highest BCUT2D eigenvalue weighted by molar-refractivity contribution is 6.04. The molecule has 0 aromatic heterocycles. The highest BCUT2D eigenvalue weighted by Crippen LogP contribution is 2.31. The van der Waals surface area contributed by atoms with Crippen LogP contribution in [-0.4, -0.2) is 24.1 Å². The monoisotopic (exact) mass is 396 g/mol. The van der Waals surface area contributed by atoms with Gasteiger partial charge in [-0.3, -0.25) is 9.59 Å². The van der Waals surface area contributed by atoms with Gasteiger partial charge in [-0.1, -0.05) is 6.92 Å². The number of nitrogens with zero attached hydrogens (tertiary/aromatic N) is 1. The van der Waals surface area contributed by atoms with E-state index in [1.165, 1.54) is 0 Å². The van der Waals surface area contributed by atoms with Crippen molar-refractivity contribution in [2.75, 3.05) is 5.32 Å². The van der Waals surface area contributed by atoms with Gasteiger partial charge in [0.1, 0.15) is 5.75 Å². The molecular formula is C21H24N4O4. The second-order valence-electron chi connectivity index (χ2n) is 6.69. The summed E-state index contributed by atoms with van der Waals surface area (Å²) in [5, 5.41) is 2.86. The van der Waals surface area contributed by atoms with Gasteiger partial charge in [0.25, 0.3) is 5.91 Å². The average molecular weight is 396 g/mol. The van der Waals surface area contributed by atoms with E-state index in [9.17, 15) is 9.59 Å². The number of aliphatic imine (C=N–C) groups is 1. The molecule has 3 rings (SSSR count). The summed E-state index contributed by atoms with van der Waals surface area (Å²) >= 11 is 0. The van der Waals surface area contributed by atoms with Gasteiger partial charge in [-0.15, -0.1) is 0 Å². The van der Waals surface area contributed by atoms with Crippen LogP contribution in [0.2, 0.25) is 0 Å². The van der Waals surface area contributed by atoms with E-state index >= 15 is 0 Å². The molecule has 152 valence electrons.